The summed E-state index contributed by atoms with van der Waals surface area (Å²) in [7, 11) is 0. The molecule has 0 N–H and O–H groups in total. The molecule has 0 aliphatic heterocycles. The Kier molecular flexibility index (Phi) is 2.89. The van der Waals surface area contributed by atoms with Crippen molar-refractivity contribution in [3.8, 4) is 5.69 Å². The molecule has 0 bridgehead atoms. The van der Waals surface area contributed by atoms with Gasteiger partial charge >= 0.3 is 0 Å². The Morgan fingerprint density at radius 2 is 1.94 bits per heavy atom. The third kappa shape index (κ3) is 1.98. The summed E-state index contributed by atoms with van der Waals surface area (Å²) in [5.74, 6) is 0.444. The van der Waals surface area contributed by atoms with Gasteiger partial charge in [-0.3, -0.25) is 0 Å². The van der Waals surface area contributed by atoms with Crippen LogP contribution in [0.5, 0.6) is 0 Å². The molecule has 1 aliphatic carbocycles. The second-order valence-corrected chi connectivity index (χ2v) is 5.12. The molecule has 0 saturated heterocycles. The predicted octanol–water partition coefficient (Wildman–Crippen LogP) is 3.75. The highest BCUT2D eigenvalue weighted by Gasteiger charge is 2.29. The molecule has 1 aromatic heterocycles. The van der Waals surface area contributed by atoms with Gasteiger partial charge in [0.05, 0.1) is 5.69 Å². The molecule has 0 amide bonds. The molecule has 2 unspecified atom stereocenters. The van der Waals surface area contributed by atoms with Crippen LogP contribution in [-0.2, 0) is 0 Å². The van der Waals surface area contributed by atoms with E-state index in [0.717, 1.165) is 12.1 Å². The van der Waals surface area contributed by atoms with Gasteiger partial charge in [0.1, 0.15) is 0 Å². The molecule has 17 heavy (non-hydrogen) atoms. The first-order chi connectivity index (χ1) is 8.36. The van der Waals surface area contributed by atoms with Crippen molar-refractivity contribution < 1.29 is 0 Å². The zero-order valence-corrected chi connectivity index (χ0v) is 10.3. The summed E-state index contributed by atoms with van der Waals surface area (Å²) >= 11 is 6.39. The van der Waals surface area contributed by atoms with E-state index >= 15 is 0 Å². The molecule has 2 aromatic rings. The quantitative estimate of drug-likeness (QED) is 0.738. The van der Waals surface area contributed by atoms with Crippen molar-refractivity contribution in [2.24, 2.45) is 0 Å². The fourth-order valence-electron chi connectivity index (χ4n) is 2.63. The fourth-order valence-corrected chi connectivity index (χ4v) is 3.04. The molecular weight excluding hydrogens is 232 g/mol. The van der Waals surface area contributed by atoms with E-state index in [1.807, 2.05) is 29.1 Å². The summed E-state index contributed by atoms with van der Waals surface area (Å²) in [6.45, 7) is 0. The smallest absolute Gasteiger partial charge is 0.0648 e. The van der Waals surface area contributed by atoms with Crippen LogP contribution in [-0.4, -0.2) is 15.2 Å². The summed E-state index contributed by atoms with van der Waals surface area (Å²) in [4.78, 5) is 0. The minimum Gasteiger partial charge on any atom is -0.237 e. The maximum atomic E-state index is 6.39. The Bertz CT molecular complexity index is 492. The summed E-state index contributed by atoms with van der Waals surface area (Å²) in [5.41, 5.74) is 2.36. The van der Waals surface area contributed by atoms with Crippen LogP contribution in [0.1, 0.15) is 30.9 Å². The van der Waals surface area contributed by atoms with Crippen LogP contribution in [0.3, 0.4) is 0 Å². The topological polar surface area (TPSA) is 17.8 Å². The second-order valence-electron chi connectivity index (χ2n) is 4.56. The van der Waals surface area contributed by atoms with Gasteiger partial charge < -0.3 is 0 Å². The van der Waals surface area contributed by atoms with Crippen LogP contribution >= 0.6 is 11.6 Å². The molecule has 88 valence electrons. The standard InChI is InChI=1S/C14H15ClN2/c15-13-8-4-7-12(13)14-9-10-16-17(14)11-5-2-1-3-6-11/h1-3,5-6,9-10,12-13H,4,7-8H2. The van der Waals surface area contributed by atoms with Gasteiger partial charge in [-0.1, -0.05) is 24.6 Å². The highest BCUT2D eigenvalue weighted by molar-refractivity contribution is 6.21. The zero-order valence-electron chi connectivity index (χ0n) is 9.59. The second kappa shape index (κ2) is 4.53. The van der Waals surface area contributed by atoms with E-state index in [2.05, 4.69) is 23.3 Å². The monoisotopic (exact) mass is 246 g/mol. The lowest BCUT2D eigenvalue weighted by Crippen LogP contribution is -2.11. The average Bonchev–Trinajstić information content (AvgIpc) is 2.98. The third-order valence-corrected chi connectivity index (χ3v) is 4.01. The number of para-hydroxylation sites is 1. The molecule has 0 radical (unpaired) electrons. The normalized spacial score (nSPS) is 24.1. The van der Waals surface area contributed by atoms with Gasteiger partial charge in [0.2, 0.25) is 0 Å². The Balaban J connectivity index is 2.00. The van der Waals surface area contributed by atoms with Crippen molar-refractivity contribution >= 4 is 11.6 Å². The molecule has 3 heteroatoms. The minimum atomic E-state index is 0.258. The lowest BCUT2D eigenvalue weighted by Gasteiger charge is -2.15. The van der Waals surface area contributed by atoms with Crippen LogP contribution in [0.25, 0.3) is 5.69 Å². The highest BCUT2D eigenvalue weighted by atomic mass is 35.5. The van der Waals surface area contributed by atoms with Crippen molar-refractivity contribution in [1.82, 2.24) is 9.78 Å². The summed E-state index contributed by atoms with van der Waals surface area (Å²) in [6, 6.07) is 12.3. The summed E-state index contributed by atoms with van der Waals surface area (Å²) in [6.07, 6.45) is 5.38. The summed E-state index contributed by atoms with van der Waals surface area (Å²) in [5, 5.41) is 4.68. The molecule has 1 heterocycles. The Hall–Kier alpha value is -1.28. The van der Waals surface area contributed by atoms with Gasteiger partial charge in [-0.05, 0) is 31.0 Å². The van der Waals surface area contributed by atoms with Crippen LogP contribution in [0.15, 0.2) is 42.6 Å². The van der Waals surface area contributed by atoms with E-state index in [1.165, 1.54) is 18.5 Å². The Labute approximate surface area is 106 Å². The number of hydrogen-bond acceptors (Lipinski definition) is 1. The lowest BCUT2D eigenvalue weighted by molar-refractivity contribution is 0.660. The van der Waals surface area contributed by atoms with Crippen LogP contribution < -0.4 is 0 Å². The maximum Gasteiger partial charge on any atom is 0.0648 e. The molecule has 2 nitrogen and oxygen atoms in total. The highest BCUT2D eigenvalue weighted by Crippen LogP contribution is 2.38. The average molecular weight is 247 g/mol. The number of nitrogens with zero attached hydrogens (tertiary/aromatic N) is 2. The van der Waals surface area contributed by atoms with Crippen molar-refractivity contribution in [2.75, 3.05) is 0 Å². The van der Waals surface area contributed by atoms with Crippen LogP contribution in [0.2, 0.25) is 0 Å². The third-order valence-electron chi connectivity index (χ3n) is 3.48. The van der Waals surface area contributed by atoms with Gasteiger partial charge in [-0.2, -0.15) is 5.10 Å². The van der Waals surface area contributed by atoms with E-state index < -0.39 is 0 Å². The van der Waals surface area contributed by atoms with E-state index in [0.29, 0.717) is 5.92 Å². The fraction of sp³-hybridized carbons (Fsp3) is 0.357. The lowest BCUT2D eigenvalue weighted by atomic mass is 10.0. The maximum absolute atomic E-state index is 6.39. The number of alkyl halides is 1. The molecule has 1 aromatic carbocycles. The first kappa shape index (κ1) is 10.8. The first-order valence-corrected chi connectivity index (χ1v) is 6.53. The number of benzene rings is 1. The zero-order chi connectivity index (χ0) is 11.7. The van der Waals surface area contributed by atoms with Gasteiger partial charge in [0, 0.05) is 23.2 Å². The van der Waals surface area contributed by atoms with Crippen molar-refractivity contribution in [1.29, 1.82) is 0 Å². The Morgan fingerprint density at radius 3 is 2.65 bits per heavy atom. The van der Waals surface area contributed by atoms with Gasteiger partial charge in [0.15, 0.2) is 0 Å². The van der Waals surface area contributed by atoms with Crippen LogP contribution in [0, 0.1) is 0 Å². The van der Waals surface area contributed by atoms with Crippen LogP contribution in [0.4, 0.5) is 0 Å². The number of halogens is 1. The van der Waals surface area contributed by atoms with E-state index in [1.54, 1.807) is 0 Å². The molecule has 1 saturated carbocycles. The number of rotatable bonds is 2. The van der Waals surface area contributed by atoms with Crippen molar-refractivity contribution in [3.63, 3.8) is 0 Å². The van der Waals surface area contributed by atoms with Gasteiger partial charge in [-0.15, -0.1) is 11.6 Å². The van der Waals surface area contributed by atoms with E-state index in [4.69, 9.17) is 11.6 Å². The molecular formula is C14H15ClN2. The van der Waals surface area contributed by atoms with E-state index in [9.17, 15) is 0 Å². The van der Waals surface area contributed by atoms with Crippen molar-refractivity contribution in [3.05, 3.63) is 48.3 Å². The van der Waals surface area contributed by atoms with E-state index in [-0.39, 0.29) is 5.38 Å². The summed E-state index contributed by atoms with van der Waals surface area (Å²) < 4.78 is 2.02. The molecule has 1 aliphatic rings. The molecule has 2 atom stereocenters. The molecule has 0 spiro atoms. The largest absolute Gasteiger partial charge is 0.237 e. The van der Waals surface area contributed by atoms with Crippen molar-refractivity contribution in [2.45, 2.75) is 30.6 Å². The minimum absolute atomic E-state index is 0.258. The first-order valence-electron chi connectivity index (χ1n) is 6.09. The number of hydrogen-bond donors (Lipinski definition) is 0. The predicted molar refractivity (Wildman–Crippen MR) is 69.8 cm³/mol. The number of aromatic nitrogens is 2. The molecule has 3 rings (SSSR count). The van der Waals surface area contributed by atoms with Gasteiger partial charge in [0.25, 0.3) is 0 Å². The SMILES string of the molecule is ClC1CCCC1c1ccnn1-c1ccccc1. The van der Waals surface area contributed by atoms with Gasteiger partial charge in [-0.25, -0.2) is 4.68 Å². The Morgan fingerprint density at radius 1 is 1.12 bits per heavy atom. The molecule has 1 fully saturated rings.